The van der Waals surface area contributed by atoms with E-state index in [0.717, 1.165) is 5.69 Å². The number of ether oxygens (including phenoxy) is 2. The summed E-state index contributed by atoms with van der Waals surface area (Å²) < 4.78 is 39.5. The molecule has 1 saturated heterocycles. The molecule has 0 unspecified atom stereocenters. The third-order valence-electron chi connectivity index (χ3n) is 4.30. The largest absolute Gasteiger partial charge is 0.493 e. The summed E-state index contributed by atoms with van der Waals surface area (Å²) in [5.74, 6) is 0.737. The molecule has 7 nitrogen and oxygen atoms in total. The van der Waals surface area contributed by atoms with Crippen molar-refractivity contribution in [2.45, 2.75) is 19.4 Å². The molecule has 2 atom stereocenters. The monoisotopic (exact) mass is 399 g/mol. The van der Waals surface area contributed by atoms with E-state index in [9.17, 15) is 8.42 Å². The average molecular weight is 400 g/mol. The normalized spacial score (nSPS) is 20.8. The second-order valence-corrected chi connectivity index (χ2v) is 8.64. The number of halogens is 1. The van der Waals surface area contributed by atoms with Crippen molar-refractivity contribution in [1.82, 2.24) is 14.5 Å². The second-order valence-electron chi connectivity index (χ2n) is 6.16. The Labute approximate surface area is 158 Å². The Bertz CT molecular complexity index is 823. The van der Waals surface area contributed by atoms with Gasteiger partial charge in [0.2, 0.25) is 10.0 Å². The number of hydrogen-bond donors (Lipinski definition) is 1. The van der Waals surface area contributed by atoms with Crippen molar-refractivity contribution in [2.24, 2.45) is 5.92 Å². The number of nitrogens with one attached hydrogen (secondary N) is 1. The molecule has 26 heavy (non-hydrogen) atoms. The van der Waals surface area contributed by atoms with Crippen LogP contribution in [0.2, 0.25) is 5.02 Å². The van der Waals surface area contributed by atoms with Gasteiger partial charge in [0.25, 0.3) is 0 Å². The molecule has 1 aliphatic rings. The van der Waals surface area contributed by atoms with Gasteiger partial charge in [0.05, 0.1) is 35.9 Å². The average Bonchev–Trinajstić information content (AvgIpc) is 3.07. The van der Waals surface area contributed by atoms with E-state index < -0.39 is 10.0 Å². The van der Waals surface area contributed by atoms with Crippen LogP contribution in [0.1, 0.15) is 13.3 Å². The van der Waals surface area contributed by atoms with Gasteiger partial charge >= 0.3 is 0 Å². The first kappa shape index (κ1) is 19.2. The highest BCUT2D eigenvalue weighted by molar-refractivity contribution is 7.89. The summed E-state index contributed by atoms with van der Waals surface area (Å²) in [5, 5.41) is 4.72. The second kappa shape index (κ2) is 8.39. The number of sulfonamides is 1. The molecule has 1 N–H and O–H groups in total. The lowest BCUT2D eigenvalue weighted by atomic mass is 9.98. The molecule has 9 heteroatoms. The smallest absolute Gasteiger partial charge is 0.211 e. The van der Waals surface area contributed by atoms with Gasteiger partial charge in [-0.3, -0.25) is 0 Å². The Kier molecular flexibility index (Phi) is 6.18. The fraction of sp³-hybridized carbons (Fsp3) is 0.471. The predicted octanol–water partition coefficient (Wildman–Crippen LogP) is 2.25. The highest BCUT2D eigenvalue weighted by atomic mass is 35.5. The minimum absolute atomic E-state index is 0.0327. The molecule has 0 aliphatic carbocycles. The van der Waals surface area contributed by atoms with Crippen LogP contribution in [0.15, 0.2) is 36.7 Å². The van der Waals surface area contributed by atoms with Gasteiger partial charge in [-0.15, -0.1) is 0 Å². The lowest BCUT2D eigenvalue weighted by Gasteiger charge is -2.31. The molecule has 1 aliphatic heterocycles. The quantitative estimate of drug-likeness (QED) is 0.772. The summed E-state index contributed by atoms with van der Waals surface area (Å²) in [7, 11) is -3.25. The molecule has 0 bridgehead atoms. The molecule has 2 aromatic rings. The minimum Gasteiger partial charge on any atom is -0.493 e. The van der Waals surface area contributed by atoms with E-state index in [1.54, 1.807) is 24.0 Å². The SMILES string of the molecule is CCS(=O)(=O)N[C@@H]1CCOC[C@H]1COc1ccc(-n2cc(Cl)cn2)cc1. The van der Waals surface area contributed by atoms with Crippen molar-refractivity contribution < 1.29 is 17.9 Å². The summed E-state index contributed by atoms with van der Waals surface area (Å²) in [6.45, 7) is 3.03. The van der Waals surface area contributed by atoms with Crippen molar-refractivity contribution in [1.29, 1.82) is 0 Å². The third-order valence-corrected chi connectivity index (χ3v) is 5.92. The summed E-state index contributed by atoms with van der Waals surface area (Å²) in [6.07, 6.45) is 3.94. The fourth-order valence-electron chi connectivity index (χ4n) is 2.77. The van der Waals surface area contributed by atoms with Crippen LogP contribution in [0, 0.1) is 5.92 Å². The predicted molar refractivity (Wildman–Crippen MR) is 99.4 cm³/mol. The van der Waals surface area contributed by atoms with E-state index in [2.05, 4.69) is 9.82 Å². The van der Waals surface area contributed by atoms with Gasteiger partial charge in [-0.25, -0.2) is 17.8 Å². The van der Waals surface area contributed by atoms with E-state index >= 15 is 0 Å². The molecular weight excluding hydrogens is 378 g/mol. The first-order valence-electron chi connectivity index (χ1n) is 8.48. The molecule has 0 saturated carbocycles. The number of nitrogens with zero attached hydrogens (tertiary/aromatic N) is 2. The van der Waals surface area contributed by atoms with Crippen molar-refractivity contribution in [2.75, 3.05) is 25.6 Å². The molecule has 0 amide bonds. The molecule has 0 radical (unpaired) electrons. The minimum atomic E-state index is -3.25. The van der Waals surface area contributed by atoms with Crippen LogP contribution in [0.3, 0.4) is 0 Å². The zero-order chi connectivity index (χ0) is 18.6. The zero-order valence-corrected chi connectivity index (χ0v) is 16.0. The standard InChI is InChI=1S/C17H22ClN3O4S/c1-2-26(22,23)20-17-7-8-24-11-13(17)12-25-16-5-3-15(4-6-16)21-10-14(18)9-19-21/h3-6,9-10,13,17,20H,2,7-8,11-12H2,1H3/t13-,17+/m0/s1. The van der Waals surface area contributed by atoms with Gasteiger partial charge in [0.1, 0.15) is 5.75 Å². The van der Waals surface area contributed by atoms with E-state index in [4.69, 9.17) is 21.1 Å². The number of rotatable bonds is 7. The van der Waals surface area contributed by atoms with Crippen molar-refractivity contribution in [3.05, 3.63) is 41.7 Å². The van der Waals surface area contributed by atoms with Crippen LogP contribution in [0.25, 0.3) is 5.69 Å². The van der Waals surface area contributed by atoms with Gasteiger partial charge in [-0.1, -0.05) is 11.6 Å². The Morgan fingerprint density at radius 3 is 2.81 bits per heavy atom. The summed E-state index contributed by atoms with van der Waals surface area (Å²) in [4.78, 5) is 0. The Balaban J connectivity index is 1.60. The number of benzene rings is 1. The van der Waals surface area contributed by atoms with Gasteiger partial charge < -0.3 is 9.47 Å². The lowest BCUT2D eigenvalue weighted by molar-refractivity contribution is 0.0186. The molecule has 2 heterocycles. The van der Waals surface area contributed by atoms with Crippen LogP contribution in [-0.4, -0.2) is 49.8 Å². The molecule has 142 valence electrons. The Morgan fingerprint density at radius 1 is 1.38 bits per heavy atom. The van der Waals surface area contributed by atoms with Gasteiger partial charge in [-0.2, -0.15) is 5.10 Å². The van der Waals surface area contributed by atoms with Crippen LogP contribution >= 0.6 is 11.6 Å². The maximum absolute atomic E-state index is 11.9. The van der Waals surface area contributed by atoms with Crippen LogP contribution in [-0.2, 0) is 14.8 Å². The molecule has 1 fully saturated rings. The maximum Gasteiger partial charge on any atom is 0.211 e. The van der Waals surface area contributed by atoms with Crippen LogP contribution in [0.4, 0.5) is 0 Å². The lowest BCUT2D eigenvalue weighted by Crippen LogP contribution is -2.47. The first-order chi connectivity index (χ1) is 12.5. The van der Waals surface area contributed by atoms with Crippen molar-refractivity contribution in [3.8, 4) is 11.4 Å². The third kappa shape index (κ3) is 4.97. The highest BCUT2D eigenvalue weighted by Gasteiger charge is 2.29. The summed E-state index contributed by atoms with van der Waals surface area (Å²) in [5.41, 5.74) is 0.874. The zero-order valence-electron chi connectivity index (χ0n) is 14.5. The van der Waals surface area contributed by atoms with Gasteiger partial charge in [0.15, 0.2) is 0 Å². The highest BCUT2D eigenvalue weighted by Crippen LogP contribution is 2.20. The van der Waals surface area contributed by atoms with E-state index in [1.165, 1.54) is 0 Å². The molecule has 1 aromatic carbocycles. The van der Waals surface area contributed by atoms with Crippen LogP contribution in [0.5, 0.6) is 5.75 Å². The van der Waals surface area contributed by atoms with Crippen LogP contribution < -0.4 is 9.46 Å². The van der Waals surface area contributed by atoms with E-state index in [-0.39, 0.29) is 17.7 Å². The van der Waals surface area contributed by atoms with Gasteiger partial charge in [-0.05, 0) is 37.6 Å². The summed E-state index contributed by atoms with van der Waals surface area (Å²) in [6, 6.07) is 7.29. The Morgan fingerprint density at radius 2 is 2.15 bits per heavy atom. The van der Waals surface area contributed by atoms with Crippen molar-refractivity contribution >= 4 is 21.6 Å². The maximum atomic E-state index is 11.9. The van der Waals surface area contributed by atoms with Gasteiger partial charge in [0, 0.05) is 24.8 Å². The molecule has 1 aromatic heterocycles. The summed E-state index contributed by atoms with van der Waals surface area (Å²) >= 11 is 5.88. The Hall–Kier alpha value is -1.61. The van der Waals surface area contributed by atoms with E-state index in [0.29, 0.717) is 37.0 Å². The number of hydrogen-bond acceptors (Lipinski definition) is 5. The molecular formula is C17H22ClN3O4S. The van der Waals surface area contributed by atoms with Crippen molar-refractivity contribution in [3.63, 3.8) is 0 Å². The fourth-order valence-corrected chi connectivity index (χ4v) is 3.84. The topological polar surface area (TPSA) is 82.5 Å². The molecule has 3 rings (SSSR count). The number of aromatic nitrogens is 2. The van der Waals surface area contributed by atoms with E-state index in [1.807, 2.05) is 24.3 Å². The first-order valence-corrected chi connectivity index (χ1v) is 10.5. The molecule has 0 spiro atoms.